The van der Waals surface area contributed by atoms with E-state index in [2.05, 4.69) is 17.4 Å². The van der Waals surface area contributed by atoms with Crippen LogP contribution in [-0.2, 0) is 5.41 Å². The Hall–Kier alpha value is -2.11. The topological polar surface area (TPSA) is 72.2 Å². The first-order chi connectivity index (χ1) is 14.7. The molecule has 1 N–H and O–H groups in total. The monoisotopic (exact) mass is 458 g/mol. The lowest BCUT2D eigenvalue weighted by molar-refractivity contribution is -0.384. The number of nitrogens with one attached hydrogen (secondary N) is 1. The molecule has 4 aliphatic carbocycles. The van der Waals surface area contributed by atoms with Crippen molar-refractivity contribution in [3.05, 3.63) is 68.2 Å². The number of nitro benzene ring substituents is 1. The van der Waals surface area contributed by atoms with Gasteiger partial charge in [0.2, 0.25) is 0 Å². The zero-order valence-electron chi connectivity index (χ0n) is 17.3. The highest BCUT2D eigenvalue weighted by Crippen LogP contribution is 2.64. The predicted octanol–water partition coefficient (Wildman–Crippen LogP) is 6.64. The molecule has 2 aromatic rings. The predicted molar refractivity (Wildman–Crippen MR) is 122 cm³/mol. The van der Waals surface area contributed by atoms with Gasteiger partial charge in [-0.1, -0.05) is 23.7 Å². The number of nitrogens with zero attached hydrogens (tertiary/aromatic N) is 1. The summed E-state index contributed by atoms with van der Waals surface area (Å²) < 4.78 is 0. The van der Waals surface area contributed by atoms with Crippen LogP contribution in [0.2, 0.25) is 5.02 Å². The number of benzene rings is 2. The fraction of sp³-hybridized carbons (Fsp3) is 0.458. The van der Waals surface area contributed by atoms with E-state index >= 15 is 0 Å². The summed E-state index contributed by atoms with van der Waals surface area (Å²) in [5.74, 6) is 0.914. The summed E-state index contributed by atoms with van der Waals surface area (Å²) in [6, 6.07) is 10.2. The van der Waals surface area contributed by atoms with Crippen molar-refractivity contribution in [2.24, 2.45) is 11.8 Å². The zero-order valence-corrected chi connectivity index (χ0v) is 18.8. The molecule has 2 aromatic carbocycles. The van der Waals surface area contributed by atoms with E-state index in [4.69, 9.17) is 23.2 Å². The van der Waals surface area contributed by atoms with E-state index in [9.17, 15) is 14.9 Å². The number of halogens is 2. The molecule has 4 saturated carbocycles. The number of hydrogen-bond donors (Lipinski definition) is 1. The molecule has 0 radical (unpaired) electrons. The number of amides is 1. The molecule has 4 fully saturated rings. The van der Waals surface area contributed by atoms with Gasteiger partial charge in [-0.2, -0.15) is 0 Å². The van der Waals surface area contributed by atoms with E-state index in [1.54, 1.807) is 0 Å². The second kappa shape index (κ2) is 7.21. The van der Waals surface area contributed by atoms with Crippen molar-refractivity contribution >= 4 is 40.5 Å². The van der Waals surface area contributed by atoms with E-state index < -0.39 is 10.8 Å². The maximum absolute atomic E-state index is 12.9. The van der Waals surface area contributed by atoms with Crippen molar-refractivity contribution in [1.82, 2.24) is 0 Å². The Morgan fingerprint density at radius 2 is 1.84 bits per heavy atom. The second-order valence-corrected chi connectivity index (χ2v) is 11.0. The molecule has 7 heteroatoms. The summed E-state index contributed by atoms with van der Waals surface area (Å²) in [6.45, 7) is 1.94. The lowest BCUT2D eigenvalue weighted by Crippen LogP contribution is -2.55. The van der Waals surface area contributed by atoms with Gasteiger partial charge in [-0.15, -0.1) is 11.6 Å². The Balaban J connectivity index is 1.46. The molecule has 4 bridgehead atoms. The van der Waals surface area contributed by atoms with Crippen molar-refractivity contribution in [1.29, 1.82) is 0 Å². The average molecular weight is 459 g/mol. The van der Waals surface area contributed by atoms with Gasteiger partial charge in [0.1, 0.15) is 0 Å². The van der Waals surface area contributed by atoms with Gasteiger partial charge in [0.25, 0.3) is 11.6 Å². The SMILES string of the molecule is Cc1ccc(C23C[C@@H]4C[C@@H](CC(Cl)(C4)C2)C3)cc1NC(=O)c1cc([N+](=O)[O-])ccc1Cl. The van der Waals surface area contributed by atoms with Crippen molar-refractivity contribution in [2.75, 3.05) is 5.32 Å². The molecule has 0 heterocycles. The van der Waals surface area contributed by atoms with Gasteiger partial charge in [0.15, 0.2) is 0 Å². The van der Waals surface area contributed by atoms with E-state index in [0.29, 0.717) is 17.5 Å². The van der Waals surface area contributed by atoms with Crippen LogP contribution in [-0.4, -0.2) is 15.7 Å². The minimum absolute atomic E-state index is 0.0716. The molecular weight excluding hydrogens is 435 g/mol. The van der Waals surface area contributed by atoms with Crippen LogP contribution in [0, 0.1) is 28.9 Å². The molecule has 4 aliphatic rings. The van der Waals surface area contributed by atoms with Crippen LogP contribution in [0.1, 0.15) is 60.0 Å². The third-order valence-corrected chi connectivity index (χ3v) is 8.27. The molecule has 0 aromatic heterocycles. The van der Waals surface area contributed by atoms with E-state index in [1.165, 1.54) is 30.2 Å². The molecule has 0 saturated heterocycles. The van der Waals surface area contributed by atoms with Gasteiger partial charge in [0, 0.05) is 22.7 Å². The van der Waals surface area contributed by atoms with E-state index in [1.807, 2.05) is 13.0 Å². The van der Waals surface area contributed by atoms with Crippen molar-refractivity contribution in [3.63, 3.8) is 0 Å². The highest BCUT2D eigenvalue weighted by atomic mass is 35.5. The number of hydrogen-bond acceptors (Lipinski definition) is 3. The van der Waals surface area contributed by atoms with Gasteiger partial charge in [-0.3, -0.25) is 14.9 Å². The van der Waals surface area contributed by atoms with Crippen LogP contribution in [0.3, 0.4) is 0 Å². The first-order valence-corrected chi connectivity index (χ1v) is 11.5. The molecule has 4 atom stereocenters. The summed E-state index contributed by atoms with van der Waals surface area (Å²) in [4.78, 5) is 23.4. The number of aryl methyl sites for hydroxylation is 1. The molecule has 6 rings (SSSR count). The lowest BCUT2D eigenvalue weighted by Gasteiger charge is -2.60. The quantitative estimate of drug-likeness (QED) is 0.317. The van der Waals surface area contributed by atoms with Crippen molar-refractivity contribution in [2.45, 2.75) is 55.7 Å². The molecular formula is C24H24Cl2N2O3. The molecule has 5 nitrogen and oxygen atoms in total. The van der Waals surface area contributed by atoms with Gasteiger partial charge in [0.05, 0.1) is 15.5 Å². The third kappa shape index (κ3) is 3.62. The van der Waals surface area contributed by atoms with Crippen LogP contribution in [0.4, 0.5) is 11.4 Å². The molecule has 1 amide bonds. The van der Waals surface area contributed by atoms with Gasteiger partial charge in [-0.05, 0) is 86.0 Å². The van der Waals surface area contributed by atoms with E-state index in [0.717, 1.165) is 37.7 Å². The molecule has 31 heavy (non-hydrogen) atoms. The first-order valence-electron chi connectivity index (χ1n) is 10.7. The third-order valence-electron chi connectivity index (χ3n) is 7.49. The molecule has 0 aliphatic heterocycles. The van der Waals surface area contributed by atoms with Crippen molar-refractivity contribution in [3.8, 4) is 0 Å². The molecule has 162 valence electrons. The summed E-state index contributed by atoms with van der Waals surface area (Å²) in [5.41, 5.74) is 2.88. The van der Waals surface area contributed by atoms with Crippen LogP contribution in [0.5, 0.6) is 0 Å². The number of nitro groups is 1. The Morgan fingerprint density at radius 3 is 2.48 bits per heavy atom. The smallest absolute Gasteiger partial charge is 0.270 e. The normalized spacial score (nSPS) is 30.9. The summed E-state index contributed by atoms with van der Waals surface area (Å²) in [5, 5.41) is 14.2. The minimum Gasteiger partial charge on any atom is -0.322 e. The fourth-order valence-electron chi connectivity index (χ4n) is 6.57. The number of non-ortho nitro benzene ring substituents is 1. The Labute approximate surface area is 191 Å². The standard InChI is InChI=1S/C24H24Cl2N2O3/c1-14-2-3-17(23-9-15-6-16(10-23)12-24(26,11-15)13-23)7-21(14)27-22(29)19-8-18(28(30)31)4-5-20(19)25/h2-5,7-8,15-16H,6,9-13H2,1H3,(H,27,29)/t15-,16+,23?,24?. The summed E-state index contributed by atoms with van der Waals surface area (Å²) in [6.07, 6.45) is 6.83. The largest absolute Gasteiger partial charge is 0.322 e. The maximum Gasteiger partial charge on any atom is 0.270 e. The summed E-state index contributed by atoms with van der Waals surface area (Å²) >= 11 is 13.2. The van der Waals surface area contributed by atoms with Crippen molar-refractivity contribution < 1.29 is 9.72 Å². The van der Waals surface area contributed by atoms with Crippen LogP contribution >= 0.6 is 23.2 Å². The number of carbonyl (C=O) groups is 1. The van der Waals surface area contributed by atoms with Gasteiger partial charge < -0.3 is 5.32 Å². The molecule has 0 spiro atoms. The van der Waals surface area contributed by atoms with Crippen LogP contribution in [0.15, 0.2) is 36.4 Å². The highest BCUT2D eigenvalue weighted by Gasteiger charge is 2.57. The lowest BCUT2D eigenvalue weighted by atomic mass is 9.47. The summed E-state index contributed by atoms with van der Waals surface area (Å²) in [7, 11) is 0. The average Bonchev–Trinajstić information content (AvgIpc) is 2.67. The fourth-order valence-corrected chi connectivity index (χ4v) is 7.46. The number of anilines is 1. The number of carbonyl (C=O) groups excluding carboxylic acids is 1. The molecule has 2 unspecified atom stereocenters. The van der Waals surface area contributed by atoms with Gasteiger partial charge in [-0.25, -0.2) is 0 Å². The van der Waals surface area contributed by atoms with Crippen LogP contribution < -0.4 is 5.32 Å². The Morgan fingerprint density at radius 1 is 1.13 bits per heavy atom. The highest BCUT2D eigenvalue weighted by molar-refractivity contribution is 6.34. The first kappa shape index (κ1) is 20.8. The number of rotatable bonds is 4. The van der Waals surface area contributed by atoms with E-state index in [-0.39, 0.29) is 26.6 Å². The maximum atomic E-state index is 12.9. The van der Waals surface area contributed by atoms with Crippen LogP contribution in [0.25, 0.3) is 0 Å². The number of alkyl halides is 1. The minimum atomic E-state index is -0.534. The van der Waals surface area contributed by atoms with Gasteiger partial charge >= 0.3 is 0 Å². The second-order valence-electron chi connectivity index (χ2n) is 9.80. The Kier molecular flexibility index (Phi) is 4.83. The zero-order chi connectivity index (χ0) is 22.0. The Bertz CT molecular complexity index is 1090.